The van der Waals surface area contributed by atoms with Crippen molar-refractivity contribution in [2.45, 2.75) is 30.5 Å². The number of rotatable bonds is 6. The number of amides is 1. The van der Waals surface area contributed by atoms with E-state index in [9.17, 15) is 9.59 Å². The topological polar surface area (TPSA) is 104 Å². The van der Waals surface area contributed by atoms with Crippen molar-refractivity contribution in [2.24, 2.45) is 0 Å². The Labute approximate surface area is 108 Å². The van der Waals surface area contributed by atoms with Gasteiger partial charge in [0.2, 0.25) is 5.91 Å². The molecule has 2 rings (SSSR count). The quantitative estimate of drug-likeness (QED) is 0.559. The van der Waals surface area contributed by atoms with E-state index in [-0.39, 0.29) is 23.4 Å². The van der Waals surface area contributed by atoms with Crippen molar-refractivity contribution in [2.75, 3.05) is 12.3 Å². The normalized spacial score (nSPS) is 14.2. The van der Waals surface area contributed by atoms with Crippen LogP contribution in [0.4, 0.5) is 0 Å². The smallest absolute Gasteiger partial charge is 0.344 e. The molecule has 0 spiro atoms. The Bertz CT molecular complexity index is 525. The molecular weight excluding hydrogens is 254 g/mol. The molecule has 1 fully saturated rings. The van der Waals surface area contributed by atoms with Gasteiger partial charge in [-0.25, -0.2) is 9.89 Å². The van der Waals surface area contributed by atoms with Crippen LogP contribution in [0.3, 0.4) is 0 Å². The molecule has 1 aromatic heterocycles. The summed E-state index contributed by atoms with van der Waals surface area (Å²) in [4.78, 5) is 22.9. The van der Waals surface area contributed by atoms with E-state index in [1.165, 1.54) is 11.8 Å². The summed E-state index contributed by atoms with van der Waals surface area (Å²) in [6.45, 7) is 0.353. The number of nitrogens with one attached hydrogen (secondary N) is 2. The van der Waals surface area contributed by atoms with Crippen LogP contribution in [-0.2, 0) is 4.79 Å². The van der Waals surface area contributed by atoms with Gasteiger partial charge < -0.3 is 5.32 Å². The fourth-order valence-corrected chi connectivity index (χ4v) is 2.33. The van der Waals surface area contributed by atoms with Crippen LogP contribution in [0.2, 0.25) is 0 Å². The molecule has 1 aromatic rings. The van der Waals surface area contributed by atoms with Gasteiger partial charge in [0.15, 0.2) is 5.16 Å². The zero-order valence-corrected chi connectivity index (χ0v) is 10.5. The van der Waals surface area contributed by atoms with Crippen LogP contribution in [0.25, 0.3) is 0 Å². The van der Waals surface area contributed by atoms with Gasteiger partial charge in [-0.3, -0.25) is 9.36 Å². The Morgan fingerprint density at radius 1 is 1.67 bits per heavy atom. The zero-order chi connectivity index (χ0) is 13.0. The first kappa shape index (κ1) is 12.7. The second-order valence-corrected chi connectivity index (χ2v) is 4.90. The van der Waals surface area contributed by atoms with Crippen LogP contribution in [0.5, 0.6) is 0 Å². The Kier molecular flexibility index (Phi) is 4.04. The van der Waals surface area contributed by atoms with Crippen LogP contribution in [-0.4, -0.2) is 33.0 Å². The molecule has 8 heteroatoms. The summed E-state index contributed by atoms with van der Waals surface area (Å²) in [6.07, 6.45) is 2.27. The third-order valence-corrected chi connectivity index (χ3v) is 3.43. The van der Waals surface area contributed by atoms with Crippen LogP contribution < -0.4 is 11.0 Å². The molecule has 0 aliphatic heterocycles. The molecular formula is C10H13N5O2S. The fraction of sp³-hybridized carbons (Fsp3) is 0.600. The van der Waals surface area contributed by atoms with Crippen molar-refractivity contribution < 1.29 is 4.79 Å². The lowest BCUT2D eigenvalue weighted by Gasteiger charge is -2.03. The van der Waals surface area contributed by atoms with Crippen molar-refractivity contribution in [1.82, 2.24) is 20.1 Å². The minimum absolute atomic E-state index is 0.159. The summed E-state index contributed by atoms with van der Waals surface area (Å²) in [5, 5.41) is 17.8. The average Bonchev–Trinajstić information content (AvgIpc) is 3.11. The largest absolute Gasteiger partial charge is 0.354 e. The molecule has 0 radical (unpaired) electrons. The maximum absolute atomic E-state index is 11.5. The fourth-order valence-electron chi connectivity index (χ4n) is 1.49. The second-order valence-electron chi connectivity index (χ2n) is 3.96. The van der Waals surface area contributed by atoms with E-state index in [0.717, 1.165) is 12.8 Å². The standard InChI is InChI=1S/C10H13N5O2S/c11-4-1-5-12-8(16)6-18-10-14-13-9(17)15(10)7-2-3-7/h7H,1-3,5-6H2,(H,12,16)(H,13,17). The maximum Gasteiger partial charge on any atom is 0.344 e. The Balaban J connectivity index is 1.85. The van der Waals surface area contributed by atoms with Gasteiger partial charge in [0.1, 0.15) is 0 Å². The van der Waals surface area contributed by atoms with Crippen molar-refractivity contribution in [3.8, 4) is 6.07 Å². The summed E-state index contributed by atoms with van der Waals surface area (Å²) < 4.78 is 1.60. The van der Waals surface area contributed by atoms with Gasteiger partial charge in [-0.1, -0.05) is 11.8 Å². The number of hydrogen-bond donors (Lipinski definition) is 2. The van der Waals surface area contributed by atoms with Crippen molar-refractivity contribution in [3.63, 3.8) is 0 Å². The van der Waals surface area contributed by atoms with Gasteiger partial charge in [-0.05, 0) is 12.8 Å². The van der Waals surface area contributed by atoms with E-state index in [2.05, 4.69) is 15.5 Å². The van der Waals surface area contributed by atoms with Gasteiger partial charge in [0.25, 0.3) is 0 Å². The van der Waals surface area contributed by atoms with Crippen molar-refractivity contribution in [3.05, 3.63) is 10.5 Å². The SMILES string of the molecule is N#CCCNC(=O)CSc1n[nH]c(=O)n1C1CC1. The Hall–Kier alpha value is -1.75. The number of aromatic nitrogens is 3. The van der Waals surface area contributed by atoms with E-state index < -0.39 is 0 Å². The minimum atomic E-state index is -0.218. The molecule has 18 heavy (non-hydrogen) atoms. The van der Waals surface area contributed by atoms with Crippen LogP contribution >= 0.6 is 11.8 Å². The Morgan fingerprint density at radius 2 is 2.44 bits per heavy atom. The van der Waals surface area contributed by atoms with Gasteiger partial charge >= 0.3 is 5.69 Å². The first-order valence-corrected chi connectivity index (χ1v) is 6.64. The molecule has 1 saturated carbocycles. The minimum Gasteiger partial charge on any atom is -0.354 e. The molecule has 2 N–H and O–H groups in total. The molecule has 1 aliphatic rings. The molecule has 0 atom stereocenters. The van der Waals surface area contributed by atoms with Crippen molar-refractivity contribution in [1.29, 1.82) is 5.26 Å². The molecule has 0 saturated heterocycles. The molecule has 1 amide bonds. The molecule has 1 aliphatic carbocycles. The maximum atomic E-state index is 11.5. The monoisotopic (exact) mass is 267 g/mol. The van der Waals surface area contributed by atoms with Gasteiger partial charge in [-0.2, -0.15) is 5.26 Å². The van der Waals surface area contributed by atoms with Crippen LogP contribution in [0, 0.1) is 11.3 Å². The third-order valence-electron chi connectivity index (χ3n) is 2.48. The lowest BCUT2D eigenvalue weighted by Crippen LogP contribution is -2.26. The number of nitrogens with zero attached hydrogens (tertiary/aromatic N) is 3. The predicted molar refractivity (Wildman–Crippen MR) is 65.1 cm³/mol. The number of H-pyrrole nitrogens is 1. The van der Waals surface area contributed by atoms with E-state index >= 15 is 0 Å². The third kappa shape index (κ3) is 3.13. The number of nitriles is 1. The number of aromatic amines is 1. The van der Waals surface area contributed by atoms with Gasteiger partial charge in [-0.15, -0.1) is 5.10 Å². The highest BCUT2D eigenvalue weighted by molar-refractivity contribution is 7.99. The lowest BCUT2D eigenvalue weighted by molar-refractivity contribution is -0.118. The van der Waals surface area contributed by atoms with Crippen LogP contribution in [0.15, 0.2) is 9.95 Å². The highest BCUT2D eigenvalue weighted by Crippen LogP contribution is 2.35. The highest BCUT2D eigenvalue weighted by Gasteiger charge is 2.28. The number of thioether (sulfide) groups is 1. The average molecular weight is 267 g/mol. The predicted octanol–water partition coefficient (Wildman–Crippen LogP) is 0.0283. The van der Waals surface area contributed by atoms with Crippen LogP contribution in [0.1, 0.15) is 25.3 Å². The summed E-state index contributed by atoms with van der Waals surface area (Å²) in [6, 6.07) is 2.18. The molecule has 0 unspecified atom stereocenters. The van der Waals surface area contributed by atoms with E-state index in [0.29, 0.717) is 18.1 Å². The summed E-state index contributed by atoms with van der Waals surface area (Å²) in [7, 11) is 0. The molecule has 96 valence electrons. The van der Waals surface area contributed by atoms with E-state index in [1.54, 1.807) is 4.57 Å². The summed E-state index contributed by atoms with van der Waals surface area (Å²) in [5.74, 6) is 0.0377. The molecule has 7 nitrogen and oxygen atoms in total. The van der Waals surface area contributed by atoms with Gasteiger partial charge in [0, 0.05) is 12.6 Å². The van der Waals surface area contributed by atoms with E-state index in [4.69, 9.17) is 5.26 Å². The molecule has 0 bridgehead atoms. The zero-order valence-electron chi connectivity index (χ0n) is 9.68. The number of carbonyl (C=O) groups excluding carboxylic acids is 1. The first-order valence-electron chi connectivity index (χ1n) is 5.65. The van der Waals surface area contributed by atoms with E-state index in [1.807, 2.05) is 6.07 Å². The van der Waals surface area contributed by atoms with Crippen molar-refractivity contribution >= 4 is 17.7 Å². The van der Waals surface area contributed by atoms with Gasteiger partial charge in [0.05, 0.1) is 18.2 Å². The number of hydrogen-bond acceptors (Lipinski definition) is 5. The summed E-state index contributed by atoms with van der Waals surface area (Å²) >= 11 is 1.23. The molecule has 0 aromatic carbocycles. The highest BCUT2D eigenvalue weighted by atomic mass is 32.2. The molecule has 1 heterocycles. The second kappa shape index (κ2) is 5.73. The Morgan fingerprint density at radius 3 is 3.11 bits per heavy atom. The first-order chi connectivity index (χ1) is 8.72. The number of carbonyl (C=O) groups is 1. The lowest BCUT2D eigenvalue weighted by atomic mass is 10.4. The summed E-state index contributed by atoms with van der Waals surface area (Å²) in [5.41, 5.74) is -0.218.